The van der Waals surface area contributed by atoms with Gasteiger partial charge in [-0.05, 0) is 30.0 Å². The van der Waals surface area contributed by atoms with Crippen molar-refractivity contribution in [2.45, 2.75) is 46.2 Å². The third-order valence-corrected chi connectivity index (χ3v) is 4.08. The van der Waals surface area contributed by atoms with Gasteiger partial charge in [0.15, 0.2) is 0 Å². The summed E-state index contributed by atoms with van der Waals surface area (Å²) in [5.41, 5.74) is 1.21. The molecule has 2 atom stereocenters. The Kier molecular flexibility index (Phi) is 4.14. The van der Waals surface area contributed by atoms with E-state index >= 15 is 0 Å². The first-order valence-corrected chi connectivity index (χ1v) is 7.17. The fourth-order valence-corrected chi connectivity index (χ4v) is 2.71. The van der Waals surface area contributed by atoms with Crippen LogP contribution in [0.2, 0.25) is 0 Å². The van der Waals surface area contributed by atoms with Crippen LogP contribution in [-0.2, 0) is 0 Å². The van der Waals surface area contributed by atoms with Crippen molar-refractivity contribution in [2.75, 3.05) is 18.0 Å². The van der Waals surface area contributed by atoms with Crippen LogP contribution in [0.3, 0.4) is 0 Å². The van der Waals surface area contributed by atoms with E-state index in [1.807, 2.05) is 6.07 Å². The van der Waals surface area contributed by atoms with Gasteiger partial charge in [0, 0.05) is 30.9 Å². The van der Waals surface area contributed by atoms with Crippen molar-refractivity contribution in [3.05, 3.63) is 30.1 Å². The average Bonchev–Trinajstić information content (AvgIpc) is 2.37. The summed E-state index contributed by atoms with van der Waals surface area (Å²) in [6.07, 6.45) is 1.07. The zero-order valence-electron chi connectivity index (χ0n) is 12.4. The fourth-order valence-electron chi connectivity index (χ4n) is 2.71. The number of nitrogens with one attached hydrogen (secondary N) is 1. The summed E-state index contributed by atoms with van der Waals surface area (Å²) in [4.78, 5) is 2.36. The maximum absolute atomic E-state index is 13.4. The second kappa shape index (κ2) is 5.49. The summed E-state index contributed by atoms with van der Waals surface area (Å²) in [7, 11) is 0. The van der Waals surface area contributed by atoms with Gasteiger partial charge in [-0.1, -0.05) is 33.8 Å². The molecule has 1 fully saturated rings. The van der Waals surface area contributed by atoms with Crippen molar-refractivity contribution in [3.63, 3.8) is 0 Å². The highest BCUT2D eigenvalue weighted by atomic mass is 19.1. The molecule has 0 aromatic heterocycles. The molecule has 0 bridgehead atoms. The van der Waals surface area contributed by atoms with Crippen LogP contribution in [0.1, 0.15) is 34.1 Å². The second-order valence-electron chi connectivity index (χ2n) is 6.52. The topological polar surface area (TPSA) is 15.3 Å². The standard InChI is InChI=1S/C16H25FN2/c1-5-13-10-18-15(16(2,3)4)11-19(13)14-8-6-7-12(17)9-14/h6-9,13,15,18H,5,10-11H2,1-4H3. The van der Waals surface area contributed by atoms with Gasteiger partial charge in [-0.3, -0.25) is 0 Å². The van der Waals surface area contributed by atoms with Gasteiger partial charge >= 0.3 is 0 Å². The van der Waals surface area contributed by atoms with E-state index in [-0.39, 0.29) is 11.2 Å². The minimum absolute atomic E-state index is 0.154. The molecule has 1 N–H and O–H groups in total. The van der Waals surface area contributed by atoms with E-state index in [9.17, 15) is 4.39 Å². The van der Waals surface area contributed by atoms with Gasteiger partial charge in [0.05, 0.1) is 0 Å². The molecule has 1 aliphatic rings. The Balaban J connectivity index is 2.23. The lowest BCUT2D eigenvalue weighted by atomic mass is 9.84. The van der Waals surface area contributed by atoms with E-state index in [0.717, 1.165) is 25.2 Å². The molecule has 2 rings (SSSR count). The number of hydrogen-bond donors (Lipinski definition) is 1. The van der Waals surface area contributed by atoms with Crippen molar-refractivity contribution < 1.29 is 4.39 Å². The van der Waals surface area contributed by atoms with Crippen LogP contribution >= 0.6 is 0 Å². The highest BCUT2D eigenvalue weighted by molar-refractivity contribution is 5.48. The molecule has 106 valence electrons. The van der Waals surface area contributed by atoms with Crippen molar-refractivity contribution >= 4 is 5.69 Å². The molecule has 1 aromatic carbocycles. The van der Waals surface area contributed by atoms with Crippen molar-refractivity contribution in [1.82, 2.24) is 5.32 Å². The van der Waals surface area contributed by atoms with Crippen molar-refractivity contribution in [2.24, 2.45) is 5.41 Å². The molecular weight excluding hydrogens is 239 g/mol. The zero-order valence-corrected chi connectivity index (χ0v) is 12.4. The smallest absolute Gasteiger partial charge is 0.125 e. The molecule has 19 heavy (non-hydrogen) atoms. The molecule has 0 saturated carbocycles. The molecule has 1 saturated heterocycles. The Hall–Kier alpha value is -1.09. The van der Waals surface area contributed by atoms with Crippen LogP contribution in [-0.4, -0.2) is 25.2 Å². The molecular formula is C16H25FN2. The second-order valence-corrected chi connectivity index (χ2v) is 6.52. The lowest BCUT2D eigenvalue weighted by Gasteiger charge is -2.46. The quantitative estimate of drug-likeness (QED) is 0.880. The molecule has 1 heterocycles. The molecule has 1 aromatic rings. The summed E-state index contributed by atoms with van der Waals surface area (Å²) in [6, 6.07) is 7.84. The number of nitrogens with zero attached hydrogens (tertiary/aromatic N) is 1. The largest absolute Gasteiger partial charge is 0.366 e. The third kappa shape index (κ3) is 3.27. The lowest BCUT2D eigenvalue weighted by molar-refractivity contribution is 0.233. The molecule has 3 heteroatoms. The minimum Gasteiger partial charge on any atom is -0.366 e. The highest BCUT2D eigenvalue weighted by Crippen LogP contribution is 2.28. The summed E-state index contributed by atoms with van der Waals surface area (Å²) in [5.74, 6) is -0.154. The molecule has 2 unspecified atom stereocenters. The SMILES string of the molecule is CCC1CNC(C(C)(C)C)CN1c1cccc(F)c1. The van der Waals surface area contributed by atoms with E-state index in [1.54, 1.807) is 12.1 Å². The Labute approximate surface area is 116 Å². The molecule has 1 aliphatic heterocycles. The normalized spacial score (nSPS) is 24.6. The van der Waals surface area contributed by atoms with E-state index in [0.29, 0.717) is 12.1 Å². The van der Waals surface area contributed by atoms with Gasteiger partial charge in [-0.2, -0.15) is 0 Å². The molecule has 0 aliphatic carbocycles. The van der Waals surface area contributed by atoms with Crippen LogP contribution in [0.4, 0.5) is 10.1 Å². The van der Waals surface area contributed by atoms with E-state index in [2.05, 4.69) is 37.9 Å². The van der Waals surface area contributed by atoms with Gasteiger partial charge in [0.25, 0.3) is 0 Å². The average molecular weight is 264 g/mol. The Morgan fingerprint density at radius 2 is 2.11 bits per heavy atom. The van der Waals surface area contributed by atoms with Crippen LogP contribution in [0.5, 0.6) is 0 Å². The third-order valence-electron chi connectivity index (χ3n) is 4.08. The summed E-state index contributed by atoms with van der Waals surface area (Å²) < 4.78 is 13.4. The number of benzene rings is 1. The molecule has 0 radical (unpaired) electrons. The number of piperazine rings is 1. The number of hydrogen-bond acceptors (Lipinski definition) is 2. The van der Waals surface area contributed by atoms with E-state index < -0.39 is 0 Å². The predicted molar refractivity (Wildman–Crippen MR) is 79.1 cm³/mol. The monoisotopic (exact) mass is 264 g/mol. The summed E-state index contributed by atoms with van der Waals surface area (Å²) >= 11 is 0. The summed E-state index contributed by atoms with van der Waals surface area (Å²) in [5, 5.41) is 3.64. The van der Waals surface area contributed by atoms with Gasteiger partial charge in [0.1, 0.15) is 5.82 Å². The van der Waals surface area contributed by atoms with E-state index in [4.69, 9.17) is 0 Å². The predicted octanol–water partition coefficient (Wildman–Crippen LogP) is 3.43. The number of rotatable bonds is 2. The van der Waals surface area contributed by atoms with Crippen LogP contribution in [0, 0.1) is 11.2 Å². The fraction of sp³-hybridized carbons (Fsp3) is 0.625. The Bertz CT molecular complexity index is 425. The molecule has 0 amide bonds. The Morgan fingerprint density at radius 1 is 1.37 bits per heavy atom. The molecule has 2 nitrogen and oxygen atoms in total. The van der Waals surface area contributed by atoms with E-state index in [1.165, 1.54) is 6.07 Å². The molecule has 0 spiro atoms. The van der Waals surface area contributed by atoms with Gasteiger partial charge in [-0.15, -0.1) is 0 Å². The Morgan fingerprint density at radius 3 is 2.68 bits per heavy atom. The maximum atomic E-state index is 13.4. The van der Waals surface area contributed by atoms with Crippen molar-refractivity contribution in [3.8, 4) is 0 Å². The lowest BCUT2D eigenvalue weighted by Crippen LogP contribution is -2.60. The first kappa shape index (κ1) is 14.3. The number of anilines is 1. The highest BCUT2D eigenvalue weighted by Gasteiger charge is 2.33. The zero-order chi connectivity index (χ0) is 14.0. The first-order chi connectivity index (χ1) is 8.91. The van der Waals surface area contributed by atoms with Crippen molar-refractivity contribution in [1.29, 1.82) is 0 Å². The van der Waals surface area contributed by atoms with Gasteiger partial charge < -0.3 is 10.2 Å². The van der Waals surface area contributed by atoms with Crippen LogP contribution in [0.15, 0.2) is 24.3 Å². The maximum Gasteiger partial charge on any atom is 0.125 e. The number of halogens is 1. The van der Waals surface area contributed by atoms with Crippen LogP contribution in [0.25, 0.3) is 0 Å². The van der Waals surface area contributed by atoms with Gasteiger partial charge in [-0.25, -0.2) is 4.39 Å². The first-order valence-electron chi connectivity index (χ1n) is 7.17. The van der Waals surface area contributed by atoms with Gasteiger partial charge in [0.2, 0.25) is 0 Å². The van der Waals surface area contributed by atoms with Crippen LogP contribution < -0.4 is 10.2 Å². The minimum atomic E-state index is -0.154. The summed E-state index contributed by atoms with van der Waals surface area (Å²) in [6.45, 7) is 10.8.